The summed E-state index contributed by atoms with van der Waals surface area (Å²) in [6.07, 6.45) is 0.142. The Kier molecular flexibility index (Phi) is 18.8. The van der Waals surface area contributed by atoms with E-state index >= 15 is 0 Å². The summed E-state index contributed by atoms with van der Waals surface area (Å²) in [5, 5.41) is 27.2. The molecule has 1 aliphatic heterocycles. The van der Waals surface area contributed by atoms with E-state index in [-0.39, 0.29) is 73.6 Å². The molecule has 6 amide bonds. The summed E-state index contributed by atoms with van der Waals surface area (Å²) in [5.74, 6) is -7.02. The summed E-state index contributed by atoms with van der Waals surface area (Å²) < 4.78 is 28.6. The summed E-state index contributed by atoms with van der Waals surface area (Å²) in [4.78, 5) is 106. The molecule has 3 rings (SSSR count). The number of alkyl carbamates (subject to hydrolysis) is 1. The Morgan fingerprint density at radius 2 is 1.43 bits per heavy atom. The first-order valence-electron chi connectivity index (χ1n) is 20.1. The van der Waals surface area contributed by atoms with Crippen LogP contribution in [0.3, 0.4) is 0 Å². The molecule has 0 aliphatic carbocycles. The molecule has 20 heteroatoms. The molecule has 2 aromatic rings. The molecule has 1 heterocycles. The first-order valence-corrected chi connectivity index (χ1v) is 21.6. The largest absolute Gasteiger partial charge is 0.479 e. The number of nitrogens with zero attached hydrogens (tertiary/aromatic N) is 1. The lowest BCUT2D eigenvalue weighted by molar-refractivity contribution is -0.142. The predicted octanol–water partition coefficient (Wildman–Crippen LogP) is 1.38. The van der Waals surface area contributed by atoms with Crippen LogP contribution < -0.4 is 31.7 Å². The fraction of sp³-hybridized carbons (Fsp3) is 0.512. The highest BCUT2D eigenvalue weighted by molar-refractivity contribution is 7.89. The van der Waals surface area contributed by atoms with Gasteiger partial charge < -0.3 is 41.3 Å². The number of hydrogen-bond donors (Lipinski definition) is 7. The maximum absolute atomic E-state index is 14.1. The number of sulfonamides is 1. The molecule has 334 valence electrons. The summed E-state index contributed by atoms with van der Waals surface area (Å²) in [5.41, 5.74) is 0.521. The molecular weight excluding hydrogens is 815 g/mol. The van der Waals surface area contributed by atoms with E-state index in [9.17, 15) is 51.9 Å². The lowest BCUT2D eigenvalue weighted by Gasteiger charge is -2.36. The molecule has 19 nitrogen and oxygen atoms in total. The van der Waals surface area contributed by atoms with Gasteiger partial charge in [0.2, 0.25) is 33.5 Å². The van der Waals surface area contributed by atoms with E-state index in [0.717, 1.165) is 0 Å². The smallest absolute Gasteiger partial charge is 0.407 e. The Balaban J connectivity index is 1.72. The third kappa shape index (κ3) is 15.6. The number of hydrogen-bond acceptors (Lipinski definition) is 11. The maximum Gasteiger partial charge on any atom is 0.407 e. The summed E-state index contributed by atoms with van der Waals surface area (Å²) in [7, 11) is -3.96. The van der Waals surface area contributed by atoms with Gasteiger partial charge in [0.25, 0.3) is 11.8 Å². The van der Waals surface area contributed by atoms with Gasteiger partial charge in [-0.3, -0.25) is 28.8 Å². The third-order valence-electron chi connectivity index (χ3n) is 9.70. The first-order chi connectivity index (χ1) is 28.7. The third-order valence-corrected chi connectivity index (χ3v) is 10.6. The molecule has 0 radical (unpaired) electrons. The molecular formula is C41H57N7O12S. The second-order valence-electron chi connectivity index (χ2n) is 15.7. The zero-order chi connectivity index (χ0) is 45.4. The monoisotopic (exact) mass is 871 g/mol. The number of rotatable bonds is 21. The van der Waals surface area contributed by atoms with Crippen LogP contribution >= 0.6 is 0 Å². The van der Waals surface area contributed by atoms with Crippen molar-refractivity contribution in [3.8, 4) is 0 Å². The second-order valence-corrected chi connectivity index (χ2v) is 17.2. The van der Waals surface area contributed by atoms with E-state index in [1.165, 1.54) is 41.3 Å². The predicted molar refractivity (Wildman–Crippen MR) is 221 cm³/mol. The number of nitrogens with two attached hydrogens (primary N) is 1. The number of Topliss-reactive ketones (excluding diaryl/α,β-unsaturated/α-hetero) is 1. The number of aliphatic carboxylic acids is 1. The van der Waals surface area contributed by atoms with Crippen LogP contribution in [0.2, 0.25) is 0 Å². The van der Waals surface area contributed by atoms with Crippen molar-refractivity contribution in [1.29, 1.82) is 0 Å². The molecule has 8 N–H and O–H groups in total. The zero-order valence-electron chi connectivity index (χ0n) is 35.0. The summed E-state index contributed by atoms with van der Waals surface area (Å²) in [6, 6.07) is 7.86. The van der Waals surface area contributed by atoms with Gasteiger partial charge >= 0.3 is 12.1 Å². The van der Waals surface area contributed by atoms with Crippen LogP contribution in [-0.2, 0) is 43.5 Å². The van der Waals surface area contributed by atoms with Crippen LogP contribution in [0, 0.1) is 17.8 Å². The highest BCUT2D eigenvalue weighted by atomic mass is 32.2. The number of primary sulfonamides is 1. The summed E-state index contributed by atoms with van der Waals surface area (Å²) >= 11 is 0. The van der Waals surface area contributed by atoms with Gasteiger partial charge in [-0.05, 0) is 73.3 Å². The number of carboxylic acids is 1. The molecule has 1 saturated heterocycles. The lowest BCUT2D eigenvalue weighted by atomic mass is 9.88. The highest BCUT2D eigenvalue weighted by Crippen LogP contribution is 2.24. The van der Waals surface area contributed by atoms with E-state index in [2.05, 4.69) is 26.6 Å². The molecule has 61 heavy (non-hydrogen) atoms. The van der Waals surface area contributed by atoms with Crippen LogP contribution in [0.4, 0.5) is 4.79 Å². The van der Waals surface area contributed by atoms with Crippen molar-refractivity contribution in [2.24, 2.45) is 22.9 Å². The van der Waals surface area contributed by atoms with Gasteiger partial charge in [0, 0.05) is 18.7 Å². The van der Waals surface area contributed by atoms with Gasteiger partial charge in [0.15, 0.2) is 6.04 Å². The Hall–Kier alpha value is -5.89. The van der Waals surface area contributed by atoms with Crippen LogP contribution in [0.5, 0.6) is 0 Å². The topological polar surface area (TPSA) is 290 Å². The fourth-order valence-electron chi connectivity index (χ4n) is 6.56. The van der Waals surface area contributed by atoms with Gasteiger partial charge in [-0.25, -0.2) is 23.1 Å². The van der Waals surface area contributed by atoms with Crippen LogP contribution in [0.15, 0.2) is 59.5 Å². The van der Waals surface area contributed by atoms with E-state index in [1.54, 1.807) is 39.0 Å². The van der Waals surface area contributed by atoms with Gasteiger partial charge in [-0.2, -0.15) is 0 Å². The molecule has 1 fully saturated rings. The minimum Gasteiger partial charge on any atom is -0.479 e. The molecule has 0 spiro atoms. The molecule has 4 atom stereocenters. The summed E-state index contributed by atoms with van der Waals surface area (Å²) in [6.45, 7) is 8.71. The van der Waals surface area contributed by atoms with Gasteiger partial charge in [-0.15, -0.1) is 0 Å². The van der Waals surface area contributed by atoms with Gasteiger partial charge in [0.05, 0.1) is 24.1 Å². The Bertz CT molecular complexity index is 1990. The van der Waals surface area contributed by atoms with Crippen molar-refractivity contribution in [2.75, 3.05) is 26.2 Å². The van der Waals surface area contributed by atoms with E-state index in [4.69, 9.17) is 9.88 Å². The SMILES string of the molecule is CCCC(NC(=O)[C@H](CC(C)C)NC(=O)[C@@H](NC(=O)OCC(C)C)C1CCN(C(=O)c2ccc(S(N)(=O)=O)cc2)CC1)C(=O)C(=O)NCC(=O)N[C@H](C(=O)O)c1ccccc1. The number of likely N-dealkylation sites (tertiary alicyclic amines) is 1. The Labute approximate surface area is 355 Å². The van der Waals surface area contributed by atoms with Crippen LogP contribution in [-0.4, -0.2) is 110 Å². The highest BCUT2D eigenvalue weighted by Gasteiger charge is 2.37. The number of benzene rings is 2. The quantitative estimate of drug-likeness (QED) is 0.0877. The standard InChI is InChI=1S/C41H57N7O12S/c1-6-10-30(35(50)38(53)43-22-32(49)46-34(40(55)56)26-11-8-7-9-12-26)44-36(51)31(21-24(2)3)45-37(52)33(47-41(57)60-23-25(4)5)27-17-19-48(20-18-27)39(54)28-13-15-29(16-14-28)61(42,58)59/h7-9,11-16,24-25,27,30-31,33-34H,6,10,17-23H2,1-5H3,(H,43,53)(H,44,51)(H,45,52)(H,46,49)(H,47,57)(H,55,56)(H2,42,58,59)/t30?,31-,33-,34-/m0/s1. The molecule has 0 aromatic heterocycles. The average Bonchev–Trinajstić information content (AvgIpc) is 3.21. The van der Waals surface area contributed by atoms with Crippen LogP contribution in [0.25, 0.3) is 0 Å². The van der Waals surface area contributed by atoms with Gasteiger partial charge in [-0.1, -0.05) is 71.4 Å². The molecule has 0 saturated carbocycles. The number of piperidine rings is 1. The molecule has 2 aromatic carbocycles. The second kappa shape index (κ2) is 23.2. The van der Waals surface area contributed by atoms with Crippen molar-refractivity contribution in [3.05, 3.63) is 65.7 Å². The van der Waals surface area contributed by atoms with E-state index in [0.29, 0.717) is 12.0 Å². The van der Waals surface area contributed by atoms with Crippen molar-refractivity contribution in [3.63, 3.8) is 0 Å². The first kappa shape index (κ1) is 49.5. The number of amides is 6. The van der Waals surface area contributed by atoms with E-state index in [1.807, 2.05) is 13.8 Å². The Morgan fingerprint density at radius 3 is 1.97 bits per heavy atom. The normalized spacial score (nSPS) is 15.1. The van der Waals surface area contributed by atoms with Crippen LogP contribution in [0.1, 0.15) is 88.7 Å². The number of nitrogens with one attached hydrogen (secondary N) is 5. The molecule has 1 unspecified atom stereocenters. The molecule has 1 aliphatic rings. The number of carbonyl (C=O) groups is 8. The number of ketones is 1. The van der Waals surface area contributed by atoms with Crippen molar-refractivity contribution in [2.45, 2.75) is 95.8 Å². The maximum atomic E-state index is 14.1. The number of carbonyl (C=O) groups excluding carboxylic acids is 7. The number of ether oxygens (including phenoxy) is 1. The average molecular weight is 872 g/mol. The van der Waals surface area contributed by atoms with Crippen molar-refractivity contribution in [1.82, 2.24) is 31.5 Å². The fourth-order valence-corrected chi connectivity index (χ4v) is 7.07. The zero-order valence-corrected chi connectivity index (χ0v) is 35.8. The lowest BCUT2D eigenvalue weighted by Crippen LogP contribution is -2.59. The number of carboxylic acid groups (broad SMARTS) is 1. The Morgan fingerprint density at radius 1 is 0.820 bits per heavy atom. The minimum atomic E-state index is -3.96. The van der Waals surface area contributed by atoms with Gasteiger partial charge in [0.1, 0.15) is 12.1 Å². The van der Waals surface area contributed by atoms with E-state index < -0.39 is 88.1 Å². The van der Waals surface area contributed by atoms with Crippen molar-refractivity contribution >= 4 is 57.4 Å². The minimum absolute atomic E-state index is 0.00707. The molecule has 0 bridgehead atoms. The van der Waals surface area contributed by atoms with Crippen molar-refractivity contribution < 1.29 is 56.6 Å².